The SMILES string of the molecule is C=CC(=O)NC1COCC1NC(C)C. The fraction of sp³-hybridized carbons (Fsp3) is 0.700. The summed E-state index contributed by atoms with van der Waals surface area (Å²) >= 11 is 0. The topological polar surface area (TPSA) is 50.4 Å². The van der Waals surface area contributed by atoms with E-state index in [1.165, 1.54) is 6.08 Å². The molecule has 80 valence electrons. The molecule has 2 atom stereocenters. The molecule has 2 unspecified atom stereocenters. The first-order chi connectivity index (χ1) is 6.63. The third kappa shape index (κ3) is 3.12. The lowest BCUT2D eigenvalue weighted by Crippen LogP contribution is -2.50. The molecular formula is C10H18N2O2. The minimum Gasteiger partial charge on any atom is -0.378 e. The van der Waals surface area contributed by atoms with E-state index in [-0.39, 0.29) is 18.0 Å². The van der Waals surface area contributed by atoms with Crippen LogP contribution in [-0.2, 0) is 9.53 Å². The average Bonchev–Trinajstić information content (AvgIpc) is 2.52. The lowest BCUT2D eigenvalue weighted by atomic mass is 10.1. The molecule has 0 radical (unpaired) electrons. The highest BCUT2D eigenvalue weighted by atomic mass is 16.5. The first-order valence-corrected chi connectivity index (χ1v) is 4.90. The Morgan fingerprint density at radius 3 is 2.71 bits per heavy atom. The number of nitrogens with one attached hydrogen (secondary N) is 2. The summed E-state index contributed by atoms with van der Waals surface area (Å²) in [6.45, 7) is 8.79. The molecule has 1 saturated heterocycles. The molecule has 0 aliphatic carbocycles. The molecule has 1 heterocycles. The Hall–Kier alpha value is -0.870. The summed E-state index contributed by atoms with van der Waals surface area (Å²) in [5.41, 5.74) is 0. The van der Waals surface area contributed by atoms with Gasteiger partial charge in [-0.25, -0.2) is 0 Å². The van der Waals surface area contributed by atoms with Crippen molar-refractivity contribution in [3.05, 3.63) is 12.7 Å². The first-order valence-electron chi connectivity index (χ1n) is 4.90. The molecule has 1 aliphatic heterocycles. The van der Waals surface area contributed by atoms with Gasteiger partial charge in [0.1, 0.15) is 0 Å². The van der Waals surface area contributed by atoms with Crippen LogP contribution >= 0.6 is 0 Å². The Morgan fingerprint density at radius 2 is 2.14 bits per heavy atom. The van der Waals surface area contributed by atoms with Crippen molar-refractivity contribution in [1.29, 1.82) is 0 Å². The Balaban J connectivity index is 2.42. The van der Waals surface area contributed by atoms with E-state index in [0.29, 0.717) is 19.3 Å². The molecule has 1 rings (SSSR count). The number of carbonyl (C=O) groups excluding carboxylic acids is 1. The summed E-state index contributed by atoms with van der Waals surface area (Å²) in [7, 11) is 0. The van der Waals surface area contributed by atoms with E-state index in [0.717, 1.165) is 0 Å². The van der Waals surface area contributed by atoms with Crippen molar-refractivity contribution in [2.75, 3.05) is 13.2 Å². The molecule has 4 heteroatoms. The van der Waals surface area contributed by atoms with Crippen LogP contribution in [0, 0.1) is 0 Å². The zero-order valence-electron chi connectivity index (χ0n) is 8.75. The van der Waals surface area contributed by atoms with Gasteiger partial charge in [-0.2, -0.15) is 0 Å². The maximum Gasteiger partial charge on any atom is 0.243 e. The first kappa shape index (κ1) is 11.2. The Bertz CT molecular complexity index is 216. The van der Waals surface area contributed by atoms with Crippen molar-refractivity contribution < 1.29 is 9.53 Å². The fourth-order valence-electron chi connectivity index (χ4n) is 1.53. The van der Waals surface area contributed by atoms with E-state index in [9.17, 15) is 4.79 Å². The minimum absolute atomic E-state index is 0.0582. The molecule has 4 nitrogen and oxygen atoms in total. The molecule has 1 aliphatic rings. The van der Waals surface area contributed by atoms with Gasteiger partial charge in [0.15, 0.2) is 0 Å². The highest BCUT2D eigenvalue weighted by Gasteiger charge is 2.28. The van der Waals surface area contributed by atoms with E-state index < -0.39 is 0 Å². The lowest BCUT2D eigenvalue weighted by molar-refractivity contribution is -0.117. The number of hydrogen-bond donors (Lipinski definition) is 2. The smallest absolute Gasteiger partial charge is 0.243 e. The van der Waals surface area contributed by atoms with Gasteiger partial charge in [0.25, 0.3) is 0 Å². The summed E-state index contributed by atoms with van der Waals surface area (Å²) in [5, 5.41) is 6.19. The van der Waals surface area contributed by atoms with Gasteiger partial charge in [-0.1, -0.05) is 20.4 Å². The van der Waals surface area contributed by atoms with E-state index in [4.69, 9.17) is 4.74 Å². The molecule has 14 heavy (non-hydrogen) atoms. The van der Waals surface area contributed by atoms with Gasteiger partial charge < -0.3 is 15.4 Å². The van der Waals surface area contributed by atoms with Gasteiger partial charge >= 0.3 is 0 Å². The summed E-state index contributed by atoms with van der Waals surface area (Å²) < 4.78 is 5.30. The maximum absolute atomic E-state index is 11.1. The normalized spacial score (nSPS) is 26.5. The predicted molar refractivity (Wildman–Crippen MR) is 55.0 cm³/mol. The monoisotopic (exact) mass is 198 g/mol. The van der Waals surface area contributed by atoms with Crippen molar-refractivity contribution in [1.82, 2.24) is 10.6 Å². The van der Waals surface area contributed by atoms with Crippen LogP contribution < -0.4 is 10.6 Å². The summed E-state index contributed by atoms with van der Waals surface area (Å²) in [5.74, 6) is -0.143. The summed E-state index contributed by atoms with van der Waals surface area (Å²) in [4.78, 5) is 11.1. The molecule has 0 bridgehead atoms. The lowest BCUT2D eigenvalue weighted by Gasteiger charge is -2.21. The minimum atomic E-state index is -0.143. The second-order valence-corrected chi connectivity index (χ2v) is 3.78. The second-order valence-electron chi connectivity index (χ2n) is 3.78. The van der Waals surface area contributed by atoms with Gasteiger partial charge in [-0.15, -0.1) is 0 Å². The van der Waals surface area contributed by atoms with Gasteiger partial charge in [0.05, 0.1) is 25.3 Å². The van der Waals surface area contributed by atoms with Crippen molar-refractivity contribution in [2.45, 2.75) is 32.0 Å². The van der Waals surface area contributed by atoms with Crippen molar-refractivity contribution >= 4 is 5.91 Å². The molecule has 0 aromatic rings. The quantitative estimate of drug-likeness (QED) is 0.628. The van der Waals surface area contributed by atoms with Crippen LogP contribution in [0.4, 0.5) is 0 Å². The van der Waals surface area contributed by atoms with Crippen LogP contribution in [0.25, 0.3) is 0 Å². The number of carbonyl (C=O) groups is 1. The fourth-order valence-corrected chi connectivity index (χ4v) is 1.53. The molecule has 1 amide bonds. The van der Waals surface area contributed by atoms with Crippen molar-refractivity contribution in [3.8, 4) is 0 Å². The van der Waals surface area contributed by atoms with Crippen LogP contribution in [0.3, 0.4) is 0 Å². The van der Waals surface area contributed by atoms with Gasteiger partial charge in [0.2, 0.25) is 5.91 Å². The number of rotatable bonds is 4. The number of hydrogen-bond acceptors (Lipinski definition) is 3. The molecule has 0 saturated carbocycles. The Labute approximate surface area is 84.7 Å². The standard InChI is InChI=1S/C10H18N2O2/c1-4-10(13)12-9-6-14-5-8(9)11-7(2)3/h4,7-9,11H,1,5-6H2,2-3H3,(H,12,13). The Kier molecular flexibility index (Phi) is 4.10. The van der Waals surface area contributed by atoms with Gasteiger partial charge in [-0.05, 0) is 6.08 Å². The van der Waals surface area contributed by atoms with Crippen molar-refractivity contribution in [3.63, 3.8) is 0 Å². The molecule has 2 N–H and O–H groups in total. The van der Waals surface area contributed by atoms with E-state index in [1.807, 2.05) is 0 Å². The Morgan fingerprint density at radius 1 is 1.50 bits per heavy atom. The average molecular weight is 198 g/mol. The molecular weight excluding hydrogens is 180 g/mol. The largest absolute Gasteiger partial charge is 0.378 e. The van der Waals surface area contributed by atoms with Crippen LogP contribution in [0.1, 0.15) is 13.8 Å². The highest BCUT2D eigenvalue weighted by molar-refractivity contribution is 5.87. The predicted octanol–water partition coefficient (Wildman–Crippen LogP) is 0.0540. The molecule has 0 aromatic heterocycles. The maximum atomic E-state index is 11.1. The van der Waals surface area contributed by atoms with E-state index >= 15 is 0 Å². The van der Waals surface area contributed by atoms with Crippen LogP contribution in [0.2, 0.25) is 0 Å². The summed E-state index contributed by atoms with van der Waals surface area (Å²) in [6, 6.07) is 0.659. The number of ether oxygens (including phenoxy) is 1. The third-order valence-corrected chi connectivity index (χ3v) is 2.14. The van der Waals surface area contributed by atoms with Crippen LogP contribution in [0.15, 0.2) is 12.7 Å². The third-order valence-electron chi connectivity index (χ3n) is 2.14. The molecule has 0 aromatic carbocycles. The van der Waals surface area contributed by atoms with Crippen LogP contribution in [0.5, 0.6) is 0 Å². The highest BCUT2D eigenvalue weighted by Crippen LogP contribution is 2.06. The summed E-state index contributed by atoms with van der Waals surface area (Å²) in [6.07, 6.45) is 1.28. The van der Waals surface area contributed by atoms with Crippen molar-refractivity contribution in [2.24, 2.45) is 0 Å². The zero-order chi connectivity index (χ0) is 10.6. The van der Waals surface area contributed by atoms with E-state index in [2.05, 4.69) is 31.1 Å². The number of amides is 1. The van der Waals surface area contributed by atoms with Gasteiger partial charge in [-0.3, -0.25) is 4.79 Å². The second kappa shape index (κ2) is 5.12. The molecule has 1 fully saturated rings. The zero-order valence-corrected chi connectivity index (χ0v) is 8.75. The molecule has 0 spiro atoms. The van der Waals surface area contributed by atoms with Crippen LogP contribution in [-0.4, -0.2) is 37.2 Å². The van der Waals surface area contributed by atoms with Gasteiger partial charge in [0, 0.05) is 6.04 Å². The van der Waals surface area contributed by atoms with E-state index in [1.54, 1.807) is 0 Å².